The van der Waals surface area contributed by atoms with Gasteiger partial charge in [0.2, 0.25) is 11.8 Å². The molecular weight excluding hydrogens is 552 g/mol. The van der Waals surface area contributed by atoms with Crippen LogP contribution in [0.5, 0.6) is 5.75 Å². The number of aliphatic carboxylic acids is 1. The Morgan fingerprint density at radius 3 is 1.95 bits per heavy atom. The second-order valence-electron chi connectivity index (χ2n) is 12.3. The molecule has 6 N–H and O–H groups in total. The summed E-state index contributed by atoms with van der Waals surface area (Å²) in [5.74, 6) is -3.36. The first-order valence-electron chi connectivity index (χ1n) is 15.4. The van der Waals surface area contributed by atoms with E-state index in [4.69, 9.17) is 5.73 Å². The van der Waals surface area contributed by atoms with Crippen molar-refractivity contribution in [3.63, 3.8) is 0 Å². The van der Waals surface area contributed by atoms with Gasteiger partial charge in [0, 0.05) is 26.6 Å². The second-order valence-corrected chi connectivity index (χ2v) is 12.3. The summed E-state index contributed by atoms with van der Waals surface area (Å²) >= 11 is 0. The van der Waals surface area contributed by atoms with Crippen LogP contribution in [-0.4, -0.2) is 93.2 Å². The monoisotopic (exact) mass is 606 g/mol. The molecule has 0 fully saturated rings. The molecule has 0 aliphatic heterocycles. The number of amides is 3. The third kappa shape index (κ3) is 12.1. The average molecular weight is 607 g/mol. The maximum atomic E-state index is 13.8. The van der Waals surface area contributed by atoms with Crippen LogP contribution in [-0.2, 0) is 25.6 Å². The smallest absolute Gasteiger partial charge is 0.326 e. The number of hydrogen-bond acceptors (Lipinski definition) is 7. The molecule has 0 aliphatic rings. The first-order valence-corrected chi connectivity index (χ1v) is 15.4. The highest BCUT2D eigenvalue weighted by Crippen LogP contribution is 2.20. The third-order valence-electron chi connectivity index (χ3n) is 7.81. The van der Waals surface area contributed by atoms with Crippen LogP contribution in [0.25, 0.3) is 0 Å². The van der Waals surface area contributed by atoms with E-state index in [0.29, 0.717) is 12.0 Å². The van der Waals surface area contributed by atoms with Gasteiger partial charge in [-0.2, -0.15) is 0 Å². The molecule has 244 valence electrons. The molecule has 5 unspecified atom stereocenters. The normalized spacial score (nSPS) is 15.0. The average Bonchev–Trinajstić information content (AvgIpc) is 2.95. The van der Waals surface area contributed by atoms with Crippen molar-refractivity contribution < 1.29 is 34.5 Å². The lowest BCUT2D eigenvalue weighted by Gasteiger charge is -2.36. The lowest BCUT2D eigenvalue weighted by atomic mass is 9.96. The molecule has 1 rings (SSSR count). The van der Waals surface area contributed by atoms with Crippen molar-refractivity contribution in [2.45, 2.75) is 116 Å². The van der Waals surface area contributed by atoms with E-state index >= 15 is 0 Å². The van der Waals surface area contributed by atoms with Gasteiger partial charge >= 0.3 is 5.97 Å². The Kier molecular flexibility index (Phi) is 16.3. The van der Waals surface area contributed by atoms with Gasteiger partial charge in [0.1, 0.15) is 30.0 Å². The van der Waals surface area contributed by atoms with E-state index < -0.39 is 54.0 Å². The predicted octanol–water partition coefficient (Wildman–Crippen LogP) is 2.91. The highest BCUT2D eigenvalue weighted by molar-refractivity contribution is 5.94. The van der Waals surface area contributed by atoms with Crippen LogP contribution >= 0.6 is 0 Å². The van der Waals surface area contributed by atoms with Crippen LogP contribution in [0.15, 0.2) is 24.3 Å². The highest BCUT2D eigenvalue weighted by atomic mass is 16.4. The number of carbonyl (C=O) groups is 4. The van der Waals surface area contributed by atoms with Crippen LogP contribution in [0.1, 0.15) is 85.1 Å². The topological polar surface area (TPSA) is 173 Å². The lowest BCUT2D eigenvalue weighted by molar-refractivity contribution is -0.154. The molecule has 5 atom stereocenters. The minimum atomic E-state index is -1.49. The fourth-order valence-corrected chi connectivity index (χ4v) is 4.97. The molecule has 1 aromatic rings. The number of aromatic hydroxyl groups is 1. The molecule has 3 amide bonds. The molecule has 11 nitrogen and oxygen atoms in total. The minimum absolute atomic E-state index is 0.00529. The summed E-state index contributed by atoms with van der Waals surface area (Å²) in [6.45, 7) is 9.41. The number of carbonyl (C=O) groups excluding carboxylic acids is 3. The second kappa shape index (κ2) is 18.5. The SMILES string of the molecule is CCCCCCCC(N)C(O)C(=O)NC(C(=O)N(C)C(CC(C)C)C(=O)N(C)C(Cc1ccc(O)cc1)C(=O)O)C(C)C. The van der Waals surface area contributed by atoms with Crippen LogP contribution < -0.4 is 11.1 Å². The van der Waals surface area contributed by atoms with Gasteiger partial charge in [-0.3, -0.25) is 14.4 Å². The van der Waals surface area contributed by atoms with Crippen molar-refractivity contribution in [1.82, 2.24) is 15.1 Å². The Morgan fingerprint density at radius 1 is 0.884 bits per heavy atom. The van der Waals surface area contributed by atoms with Crippen LogP contribution in [0.2, 0.25) is 0 Å². The molecule has 0 aliphatic carbocycles. The number of nitrogens with zero attached hydrogens (tertiary/aromatic N) is 2. The Hall–Kier alpha value is -3.18. The van der Waals surface area contributed by atoms with Crippen LogP contribution in [0, 0.1) is 11.8 Å². The Labute approximate surface area is 256 Å². The van der Waals surface area contributed by atoms with Gasteiger partial charge in [-0.25, -0.2) is 4.79 Å². The number of carboxylic acids is 1. The van der Waals surface area contributed by atoms with E-state index in [-0.39, 0.29) is 30.4 Å². The van der Waals surface area contributed by atoms with Crippen molar-refractivity contribution in [1.29, 1.82) is 0 Å². The molecule has 0 bridgehead atoms. The maximum Gasteiger partial charge on any atom is 0.326 e. The van der Waals surface area contributed by atoms with Gasteiger partial charge in [0.25, 0.3) is 5.91 Å². The number of nitrogens with one attached hydrogen (secondary N) is 1. The van der Waals surface area contributed by atoms with Crippen molar-refractivity contribution in [3.05, 3.63) is 29.8 Å². The zero-order chi connectivity index (χ0) is 32.9. The molecule has 0 aromatic heterocycles. The largest absolute Gasteiger partial charge is 0.508 e. The van der Waals surface area contributed by atoms with E-state index in [1.165, 1.54) is 31.1 Å². The van der Waals surface area contributed by atoms with Crippen molar-refractivity contribution in [2.75, 3.05) is 14.1 Å². The molecular formula is C32H54N4O7. The number of benzene rings is 1. The summed E-state index contributed by atoms with van der Waals surface area (Å²) < 4.78 is 0. The summed E-state index contributed by atoms with van der Waals surface area (Å²) in [6, 6.07) is 2.06. The van der Waals surface area contributed by atoms with Gasteiger partial charge in [0.05, 0.1) is 0 Å². The Morgan fingerprint density at radius 2 is 1.44 bits per heavy atom. The molecule has 0 saturated heterocycles. The number of aliphatic hydroxyl groups excluding tert-OH is 1. The Balaban J connectivity index is 3.09. The lowest BCUT2D eigenvalue weighted by Crippen LogP contribution is -2.59. The third-order valence-corrected chi connectivity index (χ3v) is 7.81. The standard InChI is InChI=1S/C32H54N4O7/c1-8-9-10-11-12-13-24(33)28(38)29(39)34-27(21(4)5)31(41)35(6)25(18-20(2)3)30(40)36(7)26(32(42)43)19-22-14-16-23(37)17-15-22/h14-17,20-21,24-28,37-38H,8-13,18-19,33H2,1-7H3,(H,34,39)(H,42,43). The molecule has 0 spiro atoms. The summed E-state index contributed by atoms with van der Waals surface area (Å²) in [5.41, 5.74) is 6.72. The number of phenols is 1. The fraction of sp³-hybridized carbons (Fsp3) is 0.688. The molecule has 43 heavy (non-hydrogen) atoms. The number of rotatable bonds is 19. The van der Waals surface area contributed by atoms with Crippen LogP contribution in [0.4, 0.5) is 0 Å². The van der Waals surface area contributed by atoms with Gasteiger partial charge in [-0.15, -0.1) is 0 Å². The number of likely N-dealkylation sites (N-methyl/N-ethyl adjacent to an activating group) is 2. The Bertz CT molecular complexity index is 1030. The van der Waals surface area contributed by atoms with Crippen molar-refractivity contribution in [2.24, 2.45) is 17.6 Å². The van der Waals surface area contributed by atoms with E-state index in [9.17, 15) is 34.5 Å². The number of carboxylic acid groups (broad SMARTS) is 1. The van der Waals surface area contributed by atoms with Crippen molar-refractivity contribution in [3.8, 4) is 5.75 Å². The fourth-order valence-electron chi connectivity index (χ4n) is 4.97. The zero-order valence-electron chi connectivity index (χ0n) is 27.0. The van der Waals surface area contributed by atoms with Crippen molar-refractivity contribution >= 4 is 23.7 Å². The summed E-state index contributed by atoms with van der Waals surface area (Å²) in [6.07, 6.45) is 4.31. The maximum absolute atomic E-state index is 13.8. The molecule has 0 saturated carbocycles. The summed E-state index contributed by atoms with van der Waals surface area (Å²) in [5, 5.41) is 32.8. The van der Waals surface area contributed by atoms with Crippen LogP contribution in [0.3, 0.4) is 0 Å². The molecule has 0 radical (unpaired) electrons. The highest BCUT2D eigenvalue weighted by Gasteiger charge is 2.38. The van der Waals surface area contributed by atoms with E-state index in [2.05, 4.69) is 12.2 Å². The predicted molar refractivity (Wildman–Crippen MR) is 166 cm³/mol. The quantitative estimate of drug-likeness (QED) is 0.150. The number of hydrogen-bond donors (Lipinski definition) is 5. The summed E-state index contributed by atoms with van der Waals surface area (Å²) in [4.78, 5) is 55.1. The molecule has 11 heteroatoms. The van der Waals surface area contributed by atoms with E-state index in [1.54, 1.807) is 26.0 Å². The van der Waals surface area contributed by atoms with Gasteiger partial charge < -0.3 is 36.2 Å². The zero-order valence-corrected chi connectivity index (χ0v) is 27.0. The summed E-state index contributed by atoms with van der Waals surface area (Å²) in [7, 11) is 2.87. The number of aliphatic hydroxyl groups is 1. The van der Waals surface area contributed by atoms with Gasteiger partial charge in [-0.05, 0) is 42.4 Å². The van der Waals surface area contributed by atoms with Gasteiger partial charge in [0.15, 0.2) is 0 Å². The van der Waals surface area contributed by atoms with E-state index in [0.717, 1.165) is 37.0 Å². The van der Waals surface area contributed by atoms with Gasteiger partial charge in [-0.1, -0.05) is 78.9 Å². The number of unbranched alkanes of at least 4 members (excludes halogenated alkanes) is 4. The first kappa shape index (κ1) is 37.8. The molecule has 1 aromatic carbocycles. The first-order chi connectivity index (χ1) is 20.1. The van der Waals surface area contributed by atoms with E-state index in [1.807, 2.05) is 13.8 Å². The minimum Gasteiger partial charge on any atom is -0.508 e. The number of phenolic OH excluding ortho intramolecular Hbond substituents is 1. The molecule has 0 heterocycles. The number of nitrogens with two attached hydrogens (primary N) is 1.